The molecule has 1 aromatic heterocycles. The number of nitrogens with one attached hydrogen (secondary N) is 2. The fourth-order valence-corrected chi connectivity index (χ4v) is 3.34. The molecule has 1 aliphatic rings. The molecule has 0 aliphatic carbocycles. The number of likely N-dealkylation sites (tertiary alicyclic amines) is 1. The lowest BCUT2D eigenvalue weighted by molar-refractivity contribution is 0.227. The van der Waals surface area contributed by atoms with Gasteiger partial charge in [-0.2, -0.15) is 0 Å². The minimum atomic E-state index is 0.562. The van der Waals surface area contributed by atoms with Crippen LogP contribution in [-0.4, -0.2) is 51.9 Å². The summed E-state index contributed by atoms with van der Waals surface area (Å²) in [5, 5.41) is 5.00. The number of benzene rings is 1. The molecule has 98 valence electrons. The zero-order valence-corrected chi connectivity index (χ0v) is 12.6. The molecule has 2 N–H and O–H groups in total. The van der Waals surface area contributed by atoms with Crippen molar-refractivity contribution < 1.29 is 0 Å². The minimum absolute atomic E-state index is 0.562. The van der Waals surface area contributed by atoms with E-state index in [1.165, 1.54) is 40.4 Å². The highest BCUT2D eigenvalue weighted by Crippen LogP contribution is 2.23. The minimum Gasteiger partial charge on any atom is -0.379 e. The van der Waals surface area contributed by atoms with E-state index in [-0.39, 0.29) is 0 Å². The van der Waals surface area contributed by atoms with Gasteiger partial charge in [0.15, 0.2) is 16.3 Å². The molecular weight excluding hydrogens is 249 g/mol. The van der Waals surface area contributed by atoms with Crippen LogP contribution < -0.4 is 9.74 Å². The third kappa shape index (κ3) is 2.81. The van der Waals surface area contributed by atoms with E-state index < -0.39 is 0 Å². The van der Waals surface area contributed by atoms with Crippen molar-refractivity contribution in [2.24, 2.45) is 0 Å². The van der Waals surface area contributed by atoms with Crippen molar-refractivity contribution in [1.82, 2.24) is 9.88 Å². The summed E-state index contributed by atoms with van der Waals surface area (Å²) in [7, 11) is 0. The van der Waals surface area contributed by atoms with Crippen molar-refractivity contribution >= 4 is 37.3 Å². The van der Waals surface area contributed by atoms with Gasteiger partial charge in [0.05, 0.1) is 11.2 Å². The maximum absolute atomic E-state index is 3.73. The monoisotopic (exact) mass is 269 g/mol. The summed E-state index contributed by atoms with van der Waals surface area (Å²) in [4.78, 5) is 5.87. The normalized spacial score (nSPS) is 20.8. The molecule has 2 aromatic rings. The molecule has 19 heavy (non-hydrogen) atoms. The lowest BCUT2D eigenvalue weighted by atomic mass is 10.1. The Balaban J connectivity index is 1.82. The topological polar surface area (TPSA) is 31.1 Å². The third-order valence-corrected chi connectivity index (χ3v) is 4.33. The molecule has 3 rings (SSSR count). The van der Waals surface area contributed by atoms with E-state index in [1.54, 1.807) is 0 Å². The molecule has 2 heterocycles. The predicted molar refractivity (Wildman–Crippen MR) is 82.4 cm³/mol. The fraction of sp³-hybridized carbons (Fsp3) is 0.467. The summed E-state index contributed by atoms with van der Waals surface area (Å²) < 4.78 is 1.23. The Morgan fingerprint density at radius 3 is 3.21 bits per heavy atom. The van der Waals surface area contributed by atoms with E-state index in [9.17, 15) is 0 Å². The molecule has 1 aromatic carbocycles. The molecule has 0 saturated carbocycles. The van der Waals surface area contributed by atoms with Crippen LogP contribution in [0, 0.1) is 0 Å². The number of hydrogen-bond acceptors (Lipinski definition) is 2. The Hall–Kier alpha value is -0.948. The van der Waals surface area contributed by atoms with Crippen LogP contribution in [0.2, 0.25) is 0 Å². The van der Waals surface area contributed by atoms with Crippen molar-refractivity contribution in [3.8, 4) is 0 Å². The van der Waals surface area contributed by atoms with Crippen molar-refractivity contribution in [2.45, 2.75) is 25.8 Å². The fourth-order valence-electron chi connectivity index (χ4n) is 2.99. The molecule has 3 nitrogen and oxygen atoms in total. The van der Waals surface area contributed by atoms with E-state index in [0.717, 1.165) is 13.1 Å². The van der Waals surface area contributed by atoms with Gasteiger partial charge in [-0.1, -0.05) is 19.1 Å². The summed E-state index contributed by atoms with van der Waals surface area (Å²) >= 11 is 2.80. The summed E-state index contributed by atoms with van der Waals surface area (Å²) in [5.74, 6) is 0. The Labute approximate surface area is 122 Å². The molecule has 0 bridgehead atoms. The molecule has 0 spiro atoms. The number of hydrogen-bond donors (Lipinski definition) is 2. The van der Waals surface area contributed by atoms with Crippen LogP contribution >= 0.6 is 0 Å². The number of H-pyrrole nitrogens is 1. The average molecular weight is 269 g/mol. The van der Waals surface area contributed by atoms with Gasteiger partial charge in [0.1, 0.15) is 0 Å². The van der Waals surface area contributed by atoms with Gasteiger partial charge in [0, 0.05) is 24.2 Å². The Bertz CT molecular complexity index is 564. The summed E-state index contributed by atoms with van der Waals surface area (Å²) in [6, 6.07) is 7.11. The first-order valence-corrected chi connectivity index (χ1v) is 7.69. The number of likely N-dealkylation sites (N-methyl/N-ethyl adjacent to an activating group) is 1. The van der Waals surface area contributed by atoms with E-state index in [1.807, 2.05) is 6.20 Å². The van der Waals surface area contributed by atoms with Gasteiger partial charge >= 0.3 is 0 Å². The van der Waals surface area contributed by atoms with Crippen LogP contribution in [0.3, 0.4) is 0 Å². The lowest BCUT2D eigenvalue weighted by Crippen LogP contribution is -2.41. The largest absolute Gasteiger partial charge is 0.379 e. The van der Waals surface area contributed by atoms with Gasteiger partial charge in [0.2, 0.25) is 0 Å². The number of nitrogens with zero attached hydrogens (tertiary/aromatic N) is 1. The summed E-state index contributed by atoms with van der Waals surface area (Å²) in [6.45, 7) is 5.80. The van der Waals surface area contributed by atoms with Crippen LogP contribution in [0.25, 0.3) is 10.9 Å². The van der Waals surface area contributed by atoms with E-state index >= 15 is 0 Å². The van der Waals surface area contributed by atoms with Gasteiger partial charge in [-0.05, 0) is 32.0 Å². The summed E-state index contributed by atoms with van der Waals surface area (Å²) in [5.41, 5.74) is 2.45. The predicted octanol–water partition coefficient (Wildman–Crippen LogP) is 1.86. The Morgan fingerprint density at radius 1 is 1.47 bits per heavy atom. The number of fused-ring (bicyclic) bond motifs is 1. The van der Waals surface area contributed by atoms with Gasteiger partial charge < -0.3 is 15.2 Å². The second-order valence-corrected chi connectivity index (χ2v) is 6.05. The zero-order valence-electron chi connectivity index (χ0n) is 11.4. The molecule has 1 aliphatic heterocycles. The standard InChI is InChI=1S/C15H20N3.Al/c1-2-18-10-4-6-13(11-18)17-14-7-3-5-12-8-9-16-15(12)14;/h5,7-9,13,16-17H,2,4,6,10-11H2,1H3;. The van der Waals surface area contributed by atoms with E-state index in [4.69, 9.17) is 0 Å². The maximum Gasteiger partial charge on any atom is 0.175 e. The van der Waals surface area contributed by atoms with E-state index in [2.05, 4.69) is 56.6 Å². The van der Waals surface area contributed by atoms with Crippen LogP contribution in [0.1, 0.15) is 19.8 Å². The first kappa shape index (κ1) is 13.1. The SMILES string of the molecule is CCN1CCCC(Nc2c[c]([Al])cc3cc[nH]c23)C1. The van der Waals surface area contributed by atoms with Crippen molar-refractivity contribution in [2.75, 3.05) is 25.0 Å². The molecular formula is C15H20AlN3. The number of piperidine rings is 1. The number of aromatic amines is 1. The molecule has 1 unspecified atom stereocenters. The molecule has 2 radical (unpaired) electrons. The number of rotatable bonds is 3. The smallest absolute Gasteiger partial charge is 0.175 e. The number of aromatic nitrogens is 1. The zero-order chi connectivity index (χ0) is 13.2. The highest BCUT2D eigenvalue weighted by Gasteiger charge is 2.19. The van der Waals surface area contributed by atoms with Gasteiger partial charge in [-0.3, -0.25) is 0 Å². The van der Waals surface area contributed by atoms with Crippen molar-refractivity contribution in [1.29, 1.82) is 0 Å². The van der Waals surface area contributed by atoms with Crippen LogP contribution in [0.15, 0.2) is 24.4 Å². The van der Waals surface area contributed by atoms with Crippen LogP contribution in [0.5, 0.6) is 0 Å². The summed E-state index contributed by atoms with van der Waals surface area (Å²) in [6.07, 6.45) is 4.57. The van der Waals surface area contributed by atoms with Gasteiger partial charge in [0.25, 0.3) is 0 Å². The van der Waals surface area contributed by atoms with Crippen molar-refractivity contribution in [3.63, 3.8) is 0 Å². The third-order valence-electron chi connectivity index (χ3n) is 3.99. The molecule has 1 fully saturated rings. The quantitative estimate of drug-likeness (QED) is 0.833. The maximum atomic E-state index is 3.73. The molecule has 1 saturated heterocycles. The second kappa shape index (κ2) is 5.58. The second-order valence-electron chi connectivity index (χ2n) is 5.39. The highest BCUT2D eigenvalue weighted by atomic mass is 27.0. The Kier molecular flexibility index (Phi) is 3.84. The first-order chi connectivity index (χ1) is 9.26. The van der Waals surface area contributed by atoms with Crippen LogP contribution in [-0.2, 0) is 0 Å². The van der Waals surface area contributed by atoms with E-state index in [0.29, 0.717) is 6.04 Å². The van der Waals surface area contributed by atoms with Crippen LogP contribution in [0.4, 0.5) is 5.69 Å². The molecule has 4 heteroatoms. The average Bonchev–Trinajstić information content (AvgIpc) is 2.87. The molecule has 1 atom stereocenters. The highest BCUT2D eigenvalue weighted by molar-refractivity contribution is 6.33. The molecule has 0 amide bonds. The van der Waals surface area contributed by atoms with Gasteiger partial charge in [-0.15, -0.1) is 4.43 Å². The van der Waals surface area contributed by atoms with Gasteiger partial charge in [-0.25, -0.2) is 0 Å². The first-order valence-electron chi connectivity index (χ1n) is 7.12. The Morgan fingerprint density at radius 2 is 2.37 bits per heavy atom. The number of anilines is 1. The van der Waals surface area contributed by atoms with Crippen molar-refractivity contribution in [3.05, 3.63) is 24.4 Å². The lowest BCUT2D eigenvalue weighted by Gasteiger charge is -2.33.